The molecule has 1 aliphatic rings. The summed E-state index contributed by atoms with van der Waals surface area (Å²) in [5, 5.41) is 14.1. The third-order valence-electron chi connectivity index (χ3n) is 3.62. The predicted molar refractivity (Wildman–Crippen MR) is 81.9 cm³/mol. The number of piperazine rings is 1. The number of ether oxygens (including phenoxy) is 1. The number of nitrogens with one attached hydrogen (secondary N) is 1. The second-order valence-electron chi connectivity index (χ2n) is 5.07. The van der Waals surface area contributed by atoms with Crippen LogP contribution in [-0.4, -0.2) is 49.4 Å². The van der Waals surface area contributed by atoms with Gasteiger partial charge >= 0.3 is 0 Å². The van der Waals surface area contributed by atoms with E-state index in [0.717, 1.165) is 25.2 Å². The Morgan fingerprint density at radius 2 is 2.10 bits per heavy atom. The van der Waals surface area contributed by atoms with Gasteiger partial charge in [0.05, 0.1) is 29.8 Å². The molecular formula is C14H20Cl2N2O2. The molecule has 1 aromatic carbocycles. The second-order valence-corrected chi connectivity index (χ2v) is 5.88. The first-order valence-corrected chi connectivity index (χ1v) is 7.43. The monoisotopic (exact) mass is 318 g/mol. The zero-order valence-electron chi connectivity index (χ0n) is 11.7. The van der Waals surface area contributed by atoms with Crippen LogP contribution in [0.25, 0.3) is 0 Å². The molecule has 1 saturated heterocycles. The van der Waals surface area contributed by atoms with Gasteiger partial charge in [-0.1, -0.05) is 23.2 Å². The number of aliphatic hydroxyl groups excluding tert-OH is 1. The van der Waals surface area contributed by atoms with Crippen LogP contribution in [0, 0.1) is 0 Å². The van der Waals surface area contributed by atoms with E-state index in [9.17, 15) is 5.11 Å². The molecule has 1 aromatic rings. The number of hydrogen-bond acceptors (Lipinski definition) is 4. The van der Waals surface area contributed by atoms with E-state index in [4.69, 9.17) is 27.9 Å². The van der Waals surface area contributed by atoms with Crippen LogP contribution in [0.5, 0.6) is 5.75 Å². The van der Waals surface area contributed by atoms with Gasteiger partial charge in [0.2, 0.25) is 0 Å². The average molecular weight is 319 g/mol. The fraction of sp³-hybridized carbons (Fsp3) is 0.571. The van der Waals surface area contributed by atoms with Crippen LogP contribution >= 0.6 is 23.2 Å². The Morgan fingerprint density at radius 1 is 1.45 bits per heavy atom. The largest absolute Gasteiger partial charge is 0.494 e. The van der Waals surface area contributed by atoms with E-state index >= 15 is 0 Å². The van der Waals surface area contributed by atoms with E-state index < -0.39 is 0 Å². The van der Waals surface area contributed by atoms with Crippen molar-refractivity contribution in [1.29, 1.82) is 0 Å². The number of hydrogen-bond donors (Lipinski definition) is 2. The van der Waals surface area contributed by atoms with E-state index in [2.05, 4.69) is 17.1 Å². The van der Waals surface area contributed by atoms with Gasteiger partial charge in [-0.05, 0) is 24.6 Å². The molecule has 4 nitrogen and oxygen atoms in total. The standard InChI is InChI=1S/C14H20Cl2N2O2/c1-9-7-18(4-3-17-9)13(8-19)10-5-11(15)14(20-2)12(16)6-10/h5-6,9,13,17,19H,3-4,7-8H2,1-2H3. The average Bonchev–Trinajstić information content (AvgIpc) is 2.39. The molecule has 2 atom stereocenters. The molecule has 6 heteroatoms. The maximum atomic E-state index is 9.75. The summed E-state index contributed by atoms with van der Waals surface area (Å²) in [6.07, 6.45) is 0. The van der Waals surface area contributed by atoms with Crippen molar-refractivity contribution in [1.82, 2.24) is 10.2 Å². The summed E-state index contributed by atoms with van der Waals surface area (Å²) in [7, 11) is 1.54. The fourth-order valence-corrected chi connectivity index (χ4v) is 3.30. The minimum atomic E-state index is -0.0968. The van der Waals surface area contributed by atoms with E-state index in [1.54, 1.807) is 0 Å². The van der Waals surface area contributed by atoms with Crippen LogP contribution in [0.2, 0.25) is 10.0 Å². The van der Waals surface area contributed by atoms with Crippen molar-refractivity contribution in [2.24, 2.45) is 0 Å². The van der Waals surface area contributed by atoms with Gasteiger partial charge in [0.15, 0.2) is 5.75 Å². The van der Waals surface area contributed by atoms with E-state index in [1.165, 1.54) is 7.11 Å². The number of aliphatic hydroxyl groups is 1. The van der Waals surface area contributed by atoms with Crippen molar-refractivity contribution in [3.8, 4) is 5.75 Å². The highest BCUT2D eigenvalue weighted by atomic mass is 35.5. The molecule has 0 bridgehead atoms. The maximum Gasteiger partial charge on any atom is 0.156 e. The Hall–Kier alpha value is -0.520. The molecule has 1 fully saturated rings. The smallest absolute Gasteiger partial charge is 0.156 e. The summed E-state index contributed by atoms with van der Waals surface area (Å²) in [5.41, 5.74) is 0.914. The second kappa shape index (κ2) is 6.96. The van der Waals surface area contributed by atoms with Crippen LogP contribution < -0.4 is 10.1 Å². The Morgan fingerprint density at radius 3 is 2.60 bits per heavy atom. The number of halogens is 2. The molecule has 0 amide bonds. The molecule has 0 radical (unpaired) electrons. The first kappa shape index (κ1) is 15.9. The third kappa shape index (κ3) is 3.38. The normalized spacial score (nSPS) is 21.8. The van der Waals surface area contributed by atoms with Gasteiger partial charge in [-0.3, -0.25) is 4.90 Å². The van der Waals surface area contributed by atoms with Gasteiger partial charge in [-0.2, -0.15) is 0 Å². The molecule has 20 heavy (non-hydrogen) atoms. The zero-order valence-corrected chi connectivity index (χ0v) is 13.2. The van der Waals surface area contributed by atoms with Crippen molar-refractivity contribution < 1.29 is 9.84 Å². The van der Waals surface area contributed by atoms with E-state index in [1.807, 2.05) is 12.1 Å². The lowest BCUT2D eigenvalue weighted by Crippen LogP contribution is -2.50. The number of benzene rings is 1. The minimum absolute atomic E-state index is 0.0334. The first-order chi connectivity index (χ1) is 9.56. The van der Waals surface area contributed by atoms with Crippen LogP contribution in [0.4, 0.5) is 0 Å². The summed E-state index contributed by atoms with van der Waals surface area (Å²) < 4.78 is 5.16. The molecule has 2 rings (SSSR count). The highest BCUT2D eigenvalue weighted by molar-refractivity contribution is 6.37. The lowest BCUT2D eigenvalue weighted by Gasteiger charge is -2.37. The fourth-order valence-electron chi connectivity index (χ4n) is 2.64. The van der Waals surface area contributed by atoms with E-state index in [0.29, 0.717) is 21.8 Å². The molecule has 1 heterocycles. The van der Waals surface area contributed by atoms with Crippen molar-refractivity contribution in [3.05, 3.63) is 27.7 Å². The van der Waals surface area contributed by atoms with Gasteiger partial charge in [0.25, 0.3) is 0 Å². The Kier molecular flexibility index (Phi) is 5.52. The predicted octanol–water partition coefficient (Wildman–Crippen LogP) is 2.33. The highest BCUT2D eigenvalue weighted by Gasteiger charge is 2.25. The summed E-state index contributed by atoms with van der Waals surface area (Å²) in [6.45, 7) is 4.85. The van der Waals surface area contributed by atoms with Crippen molar-refractivity contribution in [3.63, 3.8) is 0 Å². The quantitative estimate of drug-likeness (QED) is 0.894. The molecule has 0 aromatic heterocycles. The Balaban J connectivity index is 2.27. The van der Waals surface area contributed by atoms with Crippen molar-refractivity contribution in [2.75, 3.05) is 33.4 Å². The van der Waals surface area contributed by atoms with Gasteiger partial charge in [-0.25, -0.2) is 0 Å². The van der Waals surface area contributed by atoms with Crippen molar-refractivity contribution in [2.45, 2.75) is 19.0 Å². The summed E-state index contributed by atoms with van der Waals surface area (Å²) in [5.74, 6) is 0.474. The lowest BCUT2D eigenvalue weighted by atomic mass is 10.0. The molecule has 2 N–H and O–H groups in total. The lowest BCUT2D eigenvalue weighted by molar-refractivity contribution is 0.0962. The molecular weight excluding hydrogens is 299 g/mol. The van der Waals surface area contributed by atoms with Gasteiger partial charge in [0.1, 0.15) is 0 Å². The number of nitrogens with zero attached hydrogens (tertiary/aromatic N) is 1. The summed E-state index contributed by atoms with van der Waals surface area (Å²) in [6, 6.07) is 3.95. The Labute approximate surface area is 129 Å². The molecule has 0 aliphatic carbocycles. The van der Waals surface area contributed by atoms with Crippen LogP contribution in [0.1, 0.15) is 18.5 Å². The zero-order chi connectivity index (χ0) is 14.7. The topological polar surface area (TPSA) is 44.7 Å². The van der Waals surface area contributed by atoms with Gasteiger partial charge in [0, 0.05) is 25.7 Å². The molecule has 112 valence electrons. The van der Waals surface area contributed by atoms with Crippen LogP contribution in [0.3, 0.4) is 0 Å². The van der Waals surface area contributed by atoms with Crippen molar-refractivity contribution >= 4 is 23.2 Å². The highest BCUT2D eigenvalue weighted by Crippen LogP contribution is 2.36. The van der Waals surface area contributed by atoms with Crippen LogP contribution in [-0.2, 0) is 0 Å². The molecule has 2 unspecified atom stereocenters. The van der Waals surface area contributed by atoms with Crippen LogP contribution in [0.15, 0.2) is 12.1 Å². The Bertz CT molecular complexity index is 447. The SMILES string of the molecule is COc1c(Cl)cc(C(CO)N2CCNC(C)C2)cc1Cl. The molecule has 0 saturated carbocycles. The minimum Gasteiger partial charge on any atom is -0.494 e. The molecule has 0 spiro atoms. The number of methoxy groups -OCH3 is 1. The van der Waals surface area contributed by atoms with Gasteiger partial charge < -0.3 is 15.2 Å². The molecule has 1 aliphatic heterocycles. The van der Waals surface area contributed by atoms with Gasteiger partial charge in [-0.15, -0.1) is 0 Å². The summed E-state index contributed by atoms with van der Waals surface area (Å²) >= 11 is 12.4. The summed E-state index contributed by atoms with van der Waals surface area (Å²) in [4.78, 5) is 2.25. The van der Waals surface area contributed by atoms with E-state index in [-0.39, 0.29) is 12.6 Å². The number of rotatable bonds is 4. The third-order valence-corrected chi connectivity index (χ3v) is 4.18. The maximum absolute atomic E-state index is 9.75. The first-order valence-electron chi connectivity index (χ1n) is 6.68.